The maximum atomic E-state index is 13.5. The SMILES string of the molecule is CCCCCCCCCC[C@H](O[Si](C)(C)C(C)(C)C)[C@H]1CC[C@@H]([C@@H]2CC[C@H]([C@H](O)C/C=C/CCCCC[C@H](CC3(Sc4ccccc4)C[C@H](C)OC3=O)O[Si](C)(C)C(C)(C)C)O2)O1. The van der Waals surface area contributed by atoms with Crippen LogP contribution in [-0.4, -0.2) is 81.3 Å². The average Bonchev–Trinajstić information content (AvgIpc) is 3.95. The van der Waals surface area contributed by atoms with Crippen LogP contribution in [0.1, 0.15) is 190 Å². The molecule has 0 aliphatic carbocycles. The zero-order valence-electron chi connectivity index (χ0n) is 42.3. The van der Waals surface area contributed by atoms with E-state index in [-0.39, 0.29) is 58.8 Å². The lowest BCUT2D eigenvalue weighted by Gasteiger charge is -2.41. The van der Waals surface area contributed by atoms with Crippen molar-refractivity contribution in [1.29, 1.82) is 0 Å². The number of esters is 1. The fourth-order valence-corrected chi connectivity index (χ4v) is 13.4. The molecule has 0 spiro atoms. The lowest BCUT2D eigenvalue weighted by molar-refractivity contribution is -0.143. The maximum Gasteiger partial charge on any atom is 0.323 e. The van der Waals surface area contributed by atoms with E-state index in [0.29, 0.717) is 19.3 Å². The molecule has 3 aliphatic rings. The Hall–Kier alpha value is -0.986. The number of hydrogen-bond acceptors (Lipinski definition) is 8. The van der Waals surface area contributed by atoms with Gasteiger partial charge in [-0.3, -0.25) is 4.79 Å². The summed E-state index contributed by atoms with van der Waals surface area (Å²) in [5, 5.41) is 11.4. The van der Waals surface area contributed by atoms with Gasteiger partial charge in [-0.15, -0.1) is 11.8 Å². The van der Waals surface area contributed by atoms with E-state index in [1.807, 2.05) is 25.1 Å². The first-order valence-electron chi connectivity index (χ1n) is 25.6. The number of benzene rings is 1. The summed E-state index contributed by atoms with van der Waals surface area (Å²) in [5.41, 5.74) is 0. The second-order valence-electron chi connectivity index (χ2n) is 22.7. The number of allylic oxidation sites excluding steroid dienone is 1. The van der Waals surface area contributed by atoms with E-state index in [2.05, 4.69) is 98.9 Å². The van der Waals surface area contributed by atoms with Gasteiger partial charge in [0.1, 0.15) is 10.9 Å². The van der Waals surface area contributed by atoms with Crippen molar-refractivity contribution >= 4 is 34.4 Å². The van der Waals surface area contributed by atoms with Crippen molar-refractivity contribution in [3.05, 3.63) is 42.5 Å². The molecule has 7 nitrogen and oxygen atoms in total. The first kappa shape index (κ1) is 54.6. The molecule has 0 amide bonds. The number of thioether (sulfide) groups is 1. The molecule has 0 bridgehead atoms. The highest BCUT2D eigenvalue weighted by molar-refractivity contribution is 8.01. The molecule has 63 heavy (non-hydrogen) atoms. The first-order valence-corrected chi connectivity index (χ1v) is 32.2. The van der Waals surface area contributed by atoms with E-state index < -0.39 is 27.5 Å². The van der Waals surface area contributed by atoms with Gasteiger partial charge < -0.3 is 28.2 Å². The minimum Gasteiger partial charge on any atom is -0.462 e. The minimum absolute atomic E-state index is 0.00171. The van der Waals surface area contributed by atoms with Gasteiger partial charge in [0.05, 0.1) is 36.6 Å². The van der Waals surface area contributed by atoms with Gasteiger partial charge in [-0.05, 0) is 120 Å². The number of cyclic esters (lactones) is 1. The van der Waals surface area contributed by atoms with Crippen LogP contribution in [0.3, 0.4) is 0 Å². The first-order chi connectivity index (χ1) is 29.7. The molecule has 1 aromatic carbocycles. The van der Waals surface area contributed by atoms with E-state index in [4.69, 9.17) is 23.1 Å². The van der Waals surface area contributed by atoms with E-state index in [1.165, 1.54) is 51.4 Å². The summed E-state index contributed by atoms with van der Waals surface area (Å²) in [4.78, 5) is 14.6. The summed E-state index contributed by atoms with van der Waals surface area (Å²) in [6, 6.07) is 10.3. The summed E-state index contributed by atoms with van der Waals surface area (Å²) < 4.78 is 32.8. The third kappa shape index (κ3) is 17.2. The second kappa shape index (κ2) is 25.4. The van der Waals surface area contributed by atoms with Gasteiger partial charge in [0.15, 0.2) is 16.6 Å². The molecule has 1 unspecified atom stereocenters. The second-order valence-corrected chi connectivity index (χ2v) is 33.7. The summed E-state index contributed by atoms with van der Waals surface area (Å²) in [5.74, 6) is -0.0978. The maximum absolute atomic E-state index is 13.5. The van der Waals surface area contributed by atoms with Crippen molar-refractivity contribution in [1.82, 2.24) is 0 Å². The van der Waals surface area contributed by atoms with Crippen molar-refractivity contribution in [2.24, 2.45) is 0 Å². The molecule has 3 saturated heterocycles. The molecule has 3 heterocycles. The van der Waals surface area contributed by atoms with Crippen LogP contribution in [0.4, 0.5) is 0 Å². The van der Waals surface area contributed by atoms with E-state index in [0.717, 1.165) is 69.1 Å². The van der Waals surface area contributed by atoms with Crippen LogP contribution in [0, 0.1) is 0 Å². The number of unbranched alkanes of at least 4 members (excludes halogenated alkanes) is 10. The molecule has 1 aromatic rings. The third-order valence-corrected chi connectivity index (χ3v) is 25.6. The highest BCUT2D eigenvalue weighted by atomic mass is 32.2. The number of aliphatic hydroxyl groups is 1. The van der Waals surface area contributed by atoms with E-state index in [9.17, 15) is 9.90 Å². The van der Waals surface area contributed by atoms with Crippen molar-refractivity contribution in [2.45, 2.75) is 285 Å². The number of hydrogen-bond donors (Lipinski definition) is 1. The van der Waals surface area contributed by atoms with Gasteiger partial charge in [-0.25, -0.2) is 0 Å². The lowest BCUT2D eigenvalue weighted by Crippen LogP contribution is -2.47. The van der Waals surface area contributed by atoms with Gasteiger partial charge in [0.2, 0.25) is 0 Å². The van der Waals surface area contributed by atoms with Gasteiger partial charge >= 0.3 is 5.97 Å². The fourth-order valence-electron chi connectivity index (χ4n) is 9.20. The Balaban J connectivity index is 1.21. The molecule has 0 saturated carbocycles. The largest absolute Gasteiger partial charge is 0.462 e. The predicted molar refractivity (Wildman–Crippen MR) is 270 cm³/mol. The quantitative estimate of drug-likeness (QED) is 0.0385. The summed E-state index contributed by atoms with van der Waals surface area (Å²) in [7, 11) is -4.02. The summed E-state index contributed by atoms with van der Waals surface area (Å²) in [6.07, 6.45) is 26.7. The van der Waals surface area contributed by atoms with Crippen LogP contribution in [0.5, 0.6) is 0 Å². The fraction of sp³-hybridized carbons (Fsp3) is 0.830. The Bertz CT molecular complexity index is 1490. The summed E-state index contributed by atoms with van der Waals surface area (Å²) in [6.45, 7) is 27.6. The van der Waals surface area contributed by atoms with E-state index in [1.54, 1.807) is 11.8 Å². The zero-order chi connectivity index (χ0) is 46.3. The molecule has 10 heteroatoms. The van der Waals surface area contributed by atoms with Crippen LogP contribution in [-0.2, 0) is 27.9 Å². The highest BCUT2D eigenvalue weighted by Crippen LogP contribution is 2.48. The standard InChI is InChI=1S/C53H94O7SSi2/c1-13-14-15-16-17-18-23-29-34-49(60-63(11,12)52(6,7)8)48-38-37-47(58-48)46-36-35-45(57-46)44(54)33-28-22-20-19-21-25-30-42(59-62(9,10)51(3,4)5)40-53(39-41(2)56-50(53)55)61-43-31-26-24-27-32-43/h22,24,26-28,31-32,41-42,44-49,54H,13-21,23,25,29-30,33-40H2,1-12H3/b28-22+/t41-,42+,44+,45+,46-,47-,48+,49-,53?/m0/s1. The van der Waals surface area contributed by atoms with Crippen LogP contribution in [0.25, 0.3) is 0 Å². The van der Waals surface area contributed by atoms with Crippen molar-refractivity contribution in [3.63, 3.8) is 0 Å². The smallest absolute Gasteiger partial charge is 0.323 e. The molecule has 9 atom stereocenters. The van der Waals surface area contributed by atoms with Crippen molar-refractivity contribution in [2.75, 3.05) is 0 Å². The predicted octanol–water partition coefficient (Wildman–Crippen LogP) is 14.9. The molecule has 1 N–H and O–H groups in total. The Morgan fingerprint density at radius 1 is 0.762 bits per heavy atom. The molecule has 4 rings (SSSR count). The van der Waals surface area contributed by atoms with Crippen LogP contribution >= 0.6 is 11.8 Å². The molecular weight excluding hydrogens is 837 g/mol. The highest BCUT2D eigenvalue weighted by Gasteiger charge is 2.51. The molecular formula is C53H94O7SSi2. The number of ether oxygens (including phenoxy) is 3. The van der Waals surface area contributed by atoms with Crippen LogP contribution in [0.2, 0.25) is 36.3 Å². The molecule has 0 radical (unpaired) electrons. The van der Waals surface area contributed by atoms with Gasteiger partial charge in [0.25, 0.3) is 0 Å². The molecule has 0 aromatic heterocycles. The lowest BCUT2D eigenvalue weighted by atomic mass is 9.94. The van der Waals surface area contributed by atoms with Gasteiger partial charge in [-0.1, -0.05) is 143 Å². The number of carbonyl (C=O) groups is 1. The Labute approximate surface area is 393 Å². The average molecular weight is 932 g/mol. The van der Waals surface area contributed by atoms with Gasteiger partial charge in [-0.2, -0.15) is 0 Å². The monoisotopic (exact) mass is 931 g/mol. The van der Waals surface area contributed by atoms with Gasteiger partial charge in [0, 0.05) is 17.4 Å². The number of carbonyl (C=O) groups excluding carboxylic acids is 1. The summed E-state index contributed by atoms with van der Waals surface area (Å²) >= 11 is 1.66. The Morgan fingerprint density at radius 2 is 1.32 bits per heavy atom. The van der Waals surface area contributed by atoms with E-state index >= 15 is 0 Å². The number of aliphatic hydroxyl groups excluding tert-OH is 1. The molecule has 3 fully saturated rings. The van der Waals surface area contributed by atoms with Crippen molar-refractivity contribution in [3.8, 4) is 0 Å². The third-order valence-electron chi connectivity index (χ3n) is 15.1. The number of rotatable bonds is 28. The minimum atomic E-state index is -2.07. The van der Waals surface area contributed by atoms with Crippen molar-refractivity contribution < 1.29 is 33.0 Å². The Morgan fingerprint density at radius 3 is 1.92 bits per heavy atom. The van der Waals surface area contributed by atoms with Crippen LogP contribution < -0.4 is 0 Å². The molecule has 3 aliphatic heterocycles. The Kier molecular flexibility index (Phi) is 22.0. The topological polar surface area (TPSA) is 83.5 Å². The normalized spacial score (nSPS) is 26.4. The zero-order valence-corrected chi connectivity index (χ0v) is 45.1. The van der Waals surface area contributed by atoms with Crippen LogP contribution in [0.15, 0.2) is 47.4 Å². The molecule has 362 valence electrons.